The third-order valence-electron chi connectivity index (χ3n) is 5.33. The quantitative estimate of drug-likeness (QED) is 0.449. The van der Waals surface area contributed by atoms with Gasteiger partial charge in [0.2, 0.25) is 0 Å². The van der Waals surface area contributed by atoms with Crippen LogP contribution in [0.2, 0.25) is 0 Å². The van der Waals surface area contributed by atoms with Gasteiger partial charge in [-0.2, -0.15) is 0 Å². The van der Waals surface area contributed by atoms with Crippen LogP contribution in [0.15, 0.2) is 12.7 Å². The third kappa shape index (κ3) is 4.47. The Morgan fingerprint density at radius 3 is 2.58 bits per heavy atom. The number of allylic oxidation sites excluding steroid dienone is 1. The van der Waals surface area contributed by atoms with Gasteiger partial charge in [-0.05, 0) is 50.4 Å². The minimum atomic E-state index is 0.416. The first kappa shape index (κ1) is 14.8. The van der Waals surface area contributed by atoms with Crippen LogP contribution in [-0.2, 0) is 4.79 Å². The Morgan fingerprint density at radius 1 is 1.00 bits per heavy atom. The molecule has 0 aliphatic heterocycles. The fourth-order valence-corrected chi connectivity index (χ4v) is 4.13. The van der Waals surface area contributed by atoms with Crippen LogP contribution < -0.4 is 0 Å². The molecule has 0 aromatic carbocycles. The van der Waals surface area contributed by atoms with Crippen molar-refractivity contribution in [3.05, 3.63) is 12.7 Å². The van der Waals surface area contributed by atoms with Crippen LogP contribution in [0.4, 0.5) is 0 Å². The van der Waals surface area contributed by atoms with E-state index >= 15 is 0 Å². The van der Waals surface area contributed by atoms with Crippen molar-refractivity contribution in [3.63, 3.8) is 0 Å². The average Bonchev–Trinajstić information content (AvgIpc) is 2.46. The highest BCUT2D eigenvalue weighted by atomic mass is 16.1. The molecule has 3 atom stereocenters. The van der Waals surface area contributed by atoms with Crippen molar-refractivity contribution < 1.29 is 4.79 Å². The predicted molar refractivity (Wildman–Crippen MR) is 81.1 cm³/mol. The molecular weight excluding hydrogens is 232 g/mol. The van der Waals surface area contributed by atoms with Crippen LogP contribution in [0, 0.1) is 17.8 Å². The first-order valence-electron chi connectivity index (χ1n) is 8.45. The molecule has 1 nitrogen and oxygen atoms in total. The van der Waals surface area contributed by atoms with Crippen molar-refractivity contribution in [2.24, 2.45) is 17.8 Å². The maximum Gasteiger partial charge on any atom is 0.135 e. The third-order valence-corrected chi connectivity index (χ3v) is 5.33. The average molecular weight is 262 g/mol. The highest BCUT2D eigenvalue weighted by Crippen LogP contribution is 2.43. The van der Waals surface area contributed by atoms with E-state index in [1.165, 1.54) is 57.8 Å². The van der Waals surface area contributed by atoms with E-state index in [1.54, 1.807) is 0 Å². The summed E-state index contributed by atoms with van der Waals surface area (Å²) < 4.78 is 0. The SMILES string of the molecule is C=CCCCCCC(=O)C1CCC2CCCCC2C1. The number of ketones is 1. The molecule has 108 valence electrons. The maximum atomic E-state index is 12.3. The zero-order chi connectivity index (χ0) is 13.5. The van der Waals surface area contributed by atoms with Gasteiger partial charge in [0.1, 0.15) is 5.78 Å². The summed E-state index contributed by atoms with van der Waals surface area (Å²) >= 11 is 0. The highest BCUT2D eigenvalue weighted by Gasteiger charge is 2.34. The number of carbonyl (C=O) groups excluding carboxylic acids is 1. The zero-order valence-electron chi connectivity index (χ0n) is 12.4. The Morgan fingerprint density at radius 2 is 1.79 bits per heavy atom. The Balaban J connectivity index is 1.67. The highest BCUT2D eigenvalue weighted by molar-refractivity contribution is 5.81. The Bertz CT molecular complexity index is 294. The molecule has 2 saturated carbocycles. The van der Waals surface area contributed by atoms with Gasteiger partial charge in [0.15, 0.2) is 0 Å². The second-order valence-electron chi connectivity index (χ2n) is 6.67. The molecule has 0 heterocycles. The smallest absolute Gasteiger partial charge is 0.135 e. The molecule has 0 N–H and O–H groups in total. The zero-order valence-corrected chi connectivity index (χ0v) is 12.4. The summed E-state index contributed by atoms with van der Waals surface area (Å²) in [7, 11) is 0. The second kappa shape index (κ2) is 7.87. The van der Waals surface area contributed by atoms with E-state index in [9.17, 15) is 4.79 Å². The number of Topliss-reactive ketones (excluding diaryl/α,β-unsaturated/α-hetero) is 1. The lowest BCUT2D eigenvalue weighted by atomic mass is 9.66. The molecule has 0 amide bonds. The molecule has 3 unspecified atom stereocenters. The lowest BCUT2D eigenvalue weighted by Gasteiger charge is -2.38. The van der Waals surface area contributed by atoms with Gasteiger partial charge < -0.3 is 0 Å². The number of fused-ring (bicyclic) bond motifs is 1. The summed E-state index contributed by atoms with van der Waals surface area (Å²) in [5, 5.41) is 0. The standard InChI is InChI=1S/C18H30O/c1-2-3-4-5-6-11-18(19)17-13-12-15-9-7-8-10-16(15)14-17/h2,15-17H,1,3-14H2. The molecular formula is C18H30O. The lowest BCUT2D eigenvalue weighted by Crippen LogP contribution is -2.31. The summed E-state index contributed by atoms with van der Waals surface area (Å²) in [6.45, 7) is 3.74. The minimum absolute atomic E-state index is 0.416. The molecule has 0 aromatic heterocycles. The molecule has 1 heteroatoms. The van der Waals surface area contributed by atoms with Gasteiger partial charge in [-0.15, -0.1) is 6.58 Å². The van der Waals surface area contributed by atoms with Crippen molar-refractivity contribution >= 4 is 5.78 Å². The molecule has 0 radical (unpaired) electrons. The first-order valence-corrected chi connectivity index (χ1v) is 8.45. The monoisotopic (exact) mass is 262 g/mol. The molecule has 0 bridgehead atoms. The number of hydrogen-bond donors (Lipinski definition) is 0. The minimum Gasteiger partial charge on any atom is -0.299 e. The van der Waals surface area contributed by atoms with Crippen LogP contribution in [0.1, 0.15) is 77.0 Å². The largest absolute Gasteiger partial charge is 0.299 e. The normalized spacial score (nSPS) is 30.6. The van der Waals surface area contributed by atoms with Crippen molar-refractivity contribution in [1.29, 1.82) is 0 Å². The van der Waals surface area contributed by atoms with E-state index in [0.717, 1.165) is 31.1 Å². The van der Waals surface area contributed by atoms with Crippen LogP contribution in [-0.4, -0.2) is 5.78 Å². The van der Waals surface area contributed by atoms with E-state index in [0.29, 0.717) is 11.7 Å². The van der Waals surface area contributed by atoms with E-state index in [4.69, 9.17) is 0 Å². The summed E-state index contributed by atoms with van der Waals surface area (Å²) in [5.74, 6) is 2.84. The van der Waals surface area contributed by atoms with Gasteiger partial charge in [-0.1, -0.05) is 38.2 Å². The topological polar surface area (TPSA) is 17.1 Å². The Hall–Kier alpha value is -0.590. The first-order chi connectivity index (χ1) is 9.31. The Labute approximate surface area is 118 Å². The number of unbranched alkanes of at least 4 members (excludes halogenated alkanes) is 3. The fourth-order valence-electron chi connectivity index (χ4n) is 4.13. The molecule has 2 aliphatic rings. The van der Waals surface area contributed by atoms with Gasteiger partial charge >= 0.3 is 0 Å². The molecule has 19 heavy (non-hydrogen) atoms. The van der Waals surface area contributed by atoms with E-state index in [1.807, 2.05) is 6.08 Å². The summed E-state index contributed by atoms with van der Waals surface area (Å²) in [6, 6.07) is 0. The lowest BCUT2D eigenvalue weighted by molar-refractivity contribution is -0.125. The molecule has 2 rings (SSSR count). The molecule has 2 aliphatic carbocycles. The summed E-state index contributed by atoms with van der Waals surface area (Å²) in [4.78, 5) is 12.3. The number of carbonyl (C=O) groups is 1. The maximum absolute atomic E-state index is 12.3. The van der Waals surface area contributed by atoms with Crippen LogP contribution in [0.25, 0.3) is 0 Å². The van der Waals surface area contributed by atoms with Gasteiger partial charge in [-0.25, -0.2) is 0 Å². The predicted octanol–water partition coefficient (Wildman–Crippen LogP) is 5.30. The fraction of sp³-hybridized carbons (Fsp3) is 0.833. The summed E-state index contributed by atoms with van der Waals surface area (Å²) in [5.41, 5.74) is 0. The molecule has 0 saturated heterocycles. The van der Waals surface area contributed by atoms with Crippen molar-refractivity contribution in [2.75, 3.05) is 0 Å². The van der Waals surface area contributed by atoms with Crippen molar-refractivity contribution in [2.45, 2.75) is 77.0 Å². The van der Waals surface area contributed by atoms with Crippen LogP contribution >= 0.6 is 0 Å². The van der Waals surface area contributed by atoms with Gasteiger partial charge in [-0.3, -0.25) is 4.79 Å². The van der Waals surface area contributed by atoms with E-state index in [2.05, 4.69) is 6.58 Å². The molecule has 2 fully saturated rings. The van der Waals surface area contributed by atoms with Crippen molar-refractivity contribution in [3.8, 4) is 0 Å². The van der Waals surface area contributed by atoms with Gasteiger partial charge in [0.25, 0.3) is 0 Å². The van der Waals surface area contributed by atoms with E-state index in [-0.39, 0.29) is 0 Å². The molecule has 0 spiro atoms. The number of rotatable bonds is 7. The van der Waals surface area contributed by atoms with Crippen molar-refractivity contribution in [1.82, 2.24) is 0 Å². The number of hydrogen-bond acceptors (Lipinski definition) is 1. The van der Waals surface area contributed by atoms with Crippen LogP contribution in [0.3, 0.4) is 0 Å². The van der Waals surface area contributed by atoms with Gasteiger partial charge in [0.05, 0.1) is 0 Å². The molecule has 0 aromatic rings. The van der Waals surface area contributed by atoms with Gasteiger partial charge in [0, 0.05) is 12.3 Å². The Kier molecular flexibility index (Phi) is 6.13. The summed E-state index contributed by atoms with van der Waals surface area (Å²) in [6.07, 6.45) is 16.8. The van der Waals surface area contributed by atoms with E-state index < -0.39 is 0 Å². The second-order valence-corrected chi connectivity index (χ2v) is 6.67. The van der Waals surface area contributed by atoms with Crippen LogP contribution in [0.5, 0.6) is 0 Å².